The van der Waals surface area contributed by atoms with Gasteiger partial charge >= 0.3 is 11.9 Å². The highest BCUT2D eigenvalue weighted by Crippen LogP contribution is 2.82. The van der Waals surface area contributed by atoms with Crippen LogP contribution in [0.3, 0.4) is 0 Å². The van der Waals surface area contributed by atoms with Crippen LogP contribution < -0.4 is 0 Å². The molecule has 5 rings (SSSR count). The lowest BCUT2D eigenvalue weighted by molar-refractivity contribution is -0.195. The minimum atomic E-state index is -0.900. The Morgan fingerprint density at radius 2 is 1.81 bits per heavy atom. The Balaban J connectivity index is 1.60. The van der Waals surface area contributed by atoms with Crippen molar-refractivity contribution in [3.63, 3.8) is 0 Å². The highest BCUT2D eigenvalue weighted by atomic mass is 16.6. The predicted molar refractivity (Wildman–Crippen MR) is 141 cm³/mol. The van der Waals surface area contributed by atoms with E-state index < -0.39 is 12.1 Å². The van der Waals surface area contributed by atoms with E-state index in [4.69, 9.17) is 9.47 Å². The molecule has 0 amide bonds. The molecule has 6 heteroatoms. The third-order valence-corrected chi connectivity index (χ3v) is 12.0. The second-order valence-electron chi connectivity index (χ2n) is 13.8. The first-order chi connectivity index (χ1) is 17.2. The Morgan fingerprint density at radius 1 is 1.11 bits per heavy atom. The maximum Gasteiger partial charge on any atom is 0.331 e. The van der Waals surface area contributed by atoms with Crippen LogP contribution in [0.5, 0.6) is 0 Å². The van der Waals surface area contributed by atoms with Crippen molar-refractivity contribution < 1.29 is 29.3 Å². The third-order valence-electron chi connectivity index (χ3n) is 12.0. The van der Waals surface area contributed by atoms with Gasteiger partial charge in [0.2, 0.25) is 0 Å². The molecule has 0 aromatic rings. The standard InChI is InChI=1S/C31H46O6/c1-17(2)9-8-10-20(27(34)35)26-22-15-25-31(37-25)28(5)13-12-23(33)18(3)21(28)11-14-30(31,7)29(22,6)16-24(26)36-19(4)32/h9,18,21-25,33H,8,10-16H2,1-7H3,(H,34,35). The predicted octanol–water partition coefficient (Wildman–Crippen LogP) is 5.83. The van der Waals surface area contributed by atoms with Crippen molar-refractivity contribution >= 4 is 11.9 Å². The van der Waals surface area contributed by atoms with Crippen molar-refractivity contribution in [1.82, 2.24) is 0 Å². The van der Waals surface area contributed by atoms with Crippen LogP contribution in [0.4, 0.5) is 0 Å². The Morgan fingerprint density at radius 3 is 2.43 bits per heavy atom. The first kappa shape index (κ1) is 26.9. The maximum absolute atomic E-state index is 12.7. The van der Waals surface area contributed by atoms with Gasteiger partial charge in [0.05, 0.1) is 12.2 Å². The van der Waals surface area contributed by atoms with Gasteiger partial charge in [-0.2, -0.15) is 0 Å². The van der Waals surface area contributed by atoms with Gasteiger partial charge in [-0.25, -0.2) is 4.79 Å². The summed E-state index contributed by atoms with van der Waals surface area (Å²) in [6.07, 6.45) is 7.67. The molecule has 10 unspecified atom stereocenters. The van der Waals surface area contributed by atoms with Crippen molar-refractivity contribution in [1.29, 1.82) is 0 Å². The summed E-state index contributed by atoms with van der Waals surface area (Å²) < 4.78 is 12.8. The van der Waals surface area contributed by atoms with E-state index in [0.29, 0.717) is 30.8 Å². The summed E-state index contributed by atoms with van der Waals surface area (Å²) in [6.45, 7) is 14.8. The molecular weight excluding hydrogens is 468 g/mol. The summed E-state index contributed by atoms with van der Waals surface area (Å²) in [4.78, 5) is 24.9. The second-order valence-corrected chi connectivity index (χ2v) is 13.8. The smallest absolute Gasteiger partial charge is 0.331 e. The van der Waals surface area contributed by atoms with Crippen molar-refractivity contribution in [2.75, 3.05) is 0 Å². The van der Waals surface area contributed by atoms with Gasteiger partial charge in [-0.05, 0) is 94.0 Å². The molecule has 0 aromatic heterocycles. The Kier molecular flexibility index (Phi) is 6.31. The number of carbonyl (C=O) groups excluding carboxylic acids is 1. The number of carboxylic acid groups (broad SMARTS) is 1. The fourth-order valence-electron chi connectivity index (χ4n) is 10.2. The van der Waals surface area contributed by atoms with E-state index in [9.17, 15) is 19.8 Å². The minimum Gasteiger partial charge on any atom is -0.478 e. The van der Waals surface area contributed by atoms with E-state index in [1.165, 1.54) is 12.5 Å². The van der Waals surface area contributed by atoms with E-state index in [-0.39, 0.29) is 51.9 Å². The average Bonchev–Trinajstić information content (AvgIpc) is 3.47. The van der Waals surface area contributed by atoms with Crippen molar-refractivity contribution in [2.24, 2.45) is 34.0 Å². The summed E-state index contributed by atoms with van der Waals surface area (Å²) in [5, 5.41) is 21.1. The first-order valence-electron chi connectivity index (χ1n) is 14.4. The van der Waals surface area contributed by atoms with Crippen LogP contribution in [0, 0.1) is 34.0 Å². The Bertz CT molecular complexity index is 1060. The number of fused-ring (bicyclic) bond motifs is 3. The minimum absolute atomic E-state index is 0.00651. The molecule has 0 radical (unpaired) electrons. The molecule has 1 aliphatic heterocycles. The fourth-order valence-corrected chi connectivity index (χ4v) is 10.2. The summed E-state index contributed by atoms with van der Waals surface area (Å²) in [5.74, 6) is -0.593. The molecule has 206 valence electrons. The molecule has 1 saturated heterocycles. The zero-order valence-corrected chi connectivity index (χ0v) is 23.7. The van der Waals surface area contributed by atoms with Gasteiger partial charge in [-0.3, -0.25) is 4.79 Å². The molecule has 6 nitrogen and oxygen atoms in total. The monoisotopic (exact) mass is 514 g/mol. The highest BCUT2D eigenvalue weighted by Gasteiger charge is 2.85. The molecule has 4 saturated carbocycles. The quantitative estimate of drug-likeness (QED) is 0.207. The number of rotatable bonds is 5. The first-order valence-corrected chi connectivity index (χ1v) is 14.4. The van der Waals surface area contributed by atoms with Gasteiger partial charge in [0.25, 0.3) is 0 Å². The van der Waals surface area contributed by atoms with Gasteiger partial charge in [0, 0.05) is 23.3 Å². The van der Waals surface area contributed by atoms with Crippen LogP contribution in [0.1, 0.15) is 99.8 Å². The molecule has 2 N–H and O–H groups in total. The van der Waals surface area contributed by atoms with Gasteiger partial charge in [0.1, 0.15) is 11.7 Å². The van der Waals surface area contributed by atoms with E-state index in [2.05, 4.69) is 33.8 Å². The molecule has 0 aromatic carbocycles. The summed E-state index contributed by atoms with van der Waals surface area (Å²) in [6, 6.07) is 0. The lowest BCUT2D eigenvalue weighted by Gasteiger charge is -2.66. The number of carboxylic acids is 1. The molecule has 0 bridgehead atoms. The Labute approximate surface area is 221 Å². The molecule has 1 spiro atoms. The molecule has 1 heterocycles. The molecule has 5 fully saturated rings. The topological polar surface area (TPSA) is 96.4 Å². The van der Waals surface area contributed by atoms with Crippen LogP contribution in [-0.4, -0.2) is 46.1 Å². The normalized spacial score (nSPS) is 49.1. The van der Waals surface area contributed by atoms with Crippen LogP contribution in [0.2, 0.25) is 0 Å². The van der Waals surface area contributed by atoms with Crippen molar-refractivity contribution in [2.45, 2.75) is 124 Å². The largest absolute Gasteiger partial charge is 0.478 e. The van der Waals surface area contributed by atoms with Gasteiger partial charge in [-0.1, -0.05) is 39.3 Å². The number of hydrogen-bond donors (Lipinski definition) is 2. The number of hydrogen-bond acceptors (Lipinski definition) is 5. The SMILES string of the molecule is CC(=O)OC1CC2(C)C(CC3OC34C3(C)CCC(O)C(C)C3CCC24C)C1=C(CCC=C(C)C)C(=O)O. The number of aliphatic carboxylic acids is 1. The van der Waals surface area contributed by atoms with Crippen molar-refractivity contribution in [3.8, 4) is 0 Å². The molecule has 10 atom stereocenters. The Hall–Kier alpha value is -1.66. The maximum atomic E-state index is 12.7. The number of ether oxygens (including phenoxy) is 2. The van der Waals surface area contributed by atoms with Crippen LogP contribution in [-0.2, 0) is 19.1 Å². The number of aliphatic hydroxyl groups is 1. The van der Waals surface area contributed by atoms with Gasteiger partial charge < -0.3 is 19.7 Å². The number of esters is 1. The molecular formula is C31H46O6. The zero-order chi connectivity index (χ0) is 27.1. The summed E-state index contributed by atoms with van der Waals surface area (Å²) in [7, 11) is 0. The van der Waals surface area contributed by atoms with Gasteiger partial charge in [-0.15, -0.1) is 0 Å². The third kappa shape index (κ3) is 3.50. The lowest BCUT2D eigenvalue weighted by Crippen LogP contribution is -2.67. The zero-order valence-electron chi connectivity index (χ0n) is 23.7. The number of aliphatic hydroxyl groups excluding tert-OH is 1. The molecule has 4 aliphatic carbocycles. The van der Waals surface area contributed by atoms with Crippen LogP contribution >= 0.6 is 0 Å². The highest BCUT2D eigenvalue weighted by molar-refractivity contribution is 5.88. The van der Waals surface area contributed by atoms with E-state index in [1.54, 1.807) is 0 Å². The fraction of sp³-hybridized carbons (Fsp3) is 0.806. The van der Waals surface area contributed by atoms with Gasteiger partial charge in [0.15, 0.2) is 0 Å². The number of epoxide rings is 1. The molecule has 5 aliphatic rings. The van der Waals surface area contributed by atoms with E-state index >= 15 is 0 Å². The lowest BCUT2D eigenvalue weighted by atomic mass is 9.36. The number of carbonyl (C=O) groups is 2. The van der Waals surface area contributed by atoms with Crippen LogP contribution in [0.15, 0.2) is 22.8 Å². The average molecular weight is 515 g/mol. The second kappa shape index (κ2) is 8.67. The molecule has 37 heavy (non-hydrogen) atoms. The number of allylic oxidation sites excluding steroid dienone is 2. The van der Waals surface area contributed by atoms with Crippen LogP contribution in [0.25, 0.3) is 0 Å². The summed E-state index contributed by atoms with van der Waals surface area (Å²) in [5.41, 5.74) is 1.69. The van der Waals surface area contributed by atoms with Crippen molar-refractivity contribution in [3.05, 3.63) is 22.8 Å². The van der Waals surface area contributed by atoms with E-state index in [1.807, 2.05) is 13.8 Å². The van der Waals surface area contributed by atoms with E-state index in [0.717, 1.165) is 37.7 Å². The summed E-state index contributed by atoms with van der Waals surface area (Å²) >= 11 is 0.